The van der Waals surface area contributed by atoms with Crippen molar-refractivity contribution in [3.8, 4) is 11.5 Å². The number of carbonyl (C=O) groups excluding carboxylic acids is 1. The first-order chi connectivity index (χ1) is 10.3. The van der Waals surface area contributed by atoms with Crippen molar-refractivity contribution in [1.29, 1.82) is 0 Å². The smallest absolute Gasteiger partial charge is 0.407 e. The average Bonchev–Trinajstić information content (AvgIpc) is 3.12. The average molecular weight is 308 g/mol. The third-order valence-electron chi connectivity index (χ3n) is 3.30. The summed E-state index contributed by atoms with van der Waals surface area (Å²) >= 11 is 0. The van der Waals surface area contributed by atoms with Crippen LogP contribution in [0.25, 0.3) is 0 Å². The van der Waals surface area contributed by atoms with Crippen molar-refractivity contribution < 1.29 is 19.4 Å². The van der Waals surface area contributed by atoms with Crippen molar-refractivity contribution in [3.63, 3.8) is 0 Å². The van der Waals surface area contributed by atoms with Crippen molar-refractivity contribution >= 4 is 6.09 Å². The molecule has 3 N–H and O–H groups in total. The number of phenolic OH excluding ortho intramolecular Hbond substituents is 1. The van der Waals surface area contributed by atoms with Crippen molar-refractivity contribution in [1.82, 2.24) is 10.6 Å². The van der Waals surface area contributed by atoms with Gasteiger partial charge in [-0.1, -0.05) is 6.07 Å². The van der Waals surface area contributed by atoms with E-state index in [-0.39, 0.29) is 23.9 Å². The third kappa shape index (κ3) is 4.80. The quantitative estimate of drug-likeness (QED) is 0.777. The van der Waals surface area contributed by atoms with Crippen molar-refractivity contribution in [2.75, 3.05) is 7.11 Å². The summed E-state index contributed by atoms with van der Waals surface area (Å²) < 4.78 is 10.2. The molecule has 0 radical (unpaired) electrons. The van der Waals surface area contributed by atoms with Crippen LogP contribution in [0.4, 0.5) is 4.79 Å². The first kappa shape index (κ1) is 16.4. The summed E-state index contributed by atoms with van der Waals surface area (Å²) in [5.74, 6) is 0.584. The molecule has 0 saturated heterocycles. The number of alkyl carbamates (subject to hydrolysis) is 1. The van der Waals surface area contributed by atoms with Crippen LogP contribution in [0.15, 0.2) is 18.2 Å². The lowest BCUT2D eigenvalue weighted by Gasteiger charge is -2.19. The maximum atomic E-state index is 11.6. The molecule has 0 spiro atoms. The number of ether oxygens (including phenoxy) is 2. The van der Waals surface area contributed by atoms with Crippen LogP contribution in [0, 0.1) is 0 Å². The lowest BCUT2D eigenvalue weighted by molar-refractivity contribution is 0.0522. The van der Waals surface area contributed by atoms with Crippen LogP contribution in [0.3, 0.4) is 0 Å². The van der Waals surface area contributed by atoms with Gasteiger partial charge in [-0.25, -0.2) is 4.79 Å². The Morgan fingerprint density at radius 3 is 2.68 bits per heavy atom. The number of hydrogen-bond donors (Lipinski definition) is 3. The first-order valence-corrected chi connectivity index (χ1v) is 7.37. The highest BCUT2D eigenvalue weighted by Gasteiger charge is 2.38. The summed E-state index contributed by atoms with van der Waals surface area (Å²) in [6.07, 6.45) is 0.491. The van der Waals surface area contributed by atoms with Gasteiger partial charge in [0, 0.05) is 18.6 Å². The predicted octanol–water partition coefficient (Wildman–Crippen LogP) is 2.16. The molecule has 1 amide bonds. The molecule has 0 aliphatic heterocycles. The number of amides is 1. The molecule has 122 valence electrons. The Morgan fingerprint density at radius 2 is 2.09 bits per heavy atom. The maximum Gasteiger partial charge on any atom is 0.407 e. The van der Waals surface area contributed by atoms with Gasteiger partial charge >= 0.3 is 6.09 Å². The first-order valence-electron chi connectivity index (χ1n) is 7.37. The molecule has 1 aliphatic carbocycles. The van der Waals surface area contributed by atoms with Crippen LogP contribution in [0.5, 0.6) is 11.5 Å². The molecule has 1 saturated carbocycles. The summed E-state index contributed by atoms with van der Waals surface area (Å²) in [7, 11) is 1.52. The molecule has 6 nitrogen and oxygen atoms in total. The Kier molecular flexibility index (Phi) is 4.81. The van der Waals surface area contributed by atoms with Crippen molar-refractivity contribution in [3.05, 3.63) is 23.8 Å². The van der Waals surface area contributed by atoms with Crippen LogP contribution >= 0.6 is 0 Å². The van der Waals surface area contributed by atoms with Crippen LogP contribution in [0.2, 0.25) is 0 Å². The fourth-order valence-corrected chi connectivity index (χ4v) is 2.13. The maximum absolute atomic E-state index is 11.6. The monoisotopic (exact) mass is 308 g/mol. The van der Waals surface area contributed by atoms with E-state index in [1.165, 1.54) is 7.11 Å². The van der Waals surface area contributed by atoms with Crippen molar-refractivity contribution in [2.45, 2.75) is 51.4 Å². The summed E-state index contributed by atoms with van der Waals surface area (Å²) in [6, 6.07) is 5.63. The number of methoxy groups -OCH3 is 1. The largest absolute Gasteiger partial charge is 0.504 e. The van der Waals surface area contributed by atoms with E-state index in [9.17, 15) is 9.90 Å². The molecule has 6 heteroatoms. The number of aromatic hydroxyl groups is 1. The van der Waals surface area contributed by atoms with Crippen LogP contribution in [0.1, 0.15) is 32.8 Å². The fraction of sp³-hybridized carbons (Fsp3) is 0.562. The molecular weight excluding hydrogens is 284 g/mol. The Hall–Kier alpha value is -1.95. The molecule has 2 atom stereocenters. The molecule has 0 aromatic heterocycles. The Balaban J connectivity index is 1.74. The lowest BCUT2D eigenvalue weighted by atomic mass is 10.2. The number of benzene rings is 1. The molecule has 0 heterocycles. The van der Waals surface area contributed by atoms with E-state index in [0.29, 0.717) is 12.3 Å². The van der Waals surface area contributed by atoms with Gasteiger partial charge in [0.25, 0.3) is 0 Å². The topological polar surface area (TPSA) is 79.8 Å². The zero-order chi connectivity index (χ0) is 16.3. The highest BCUT2D eigenvalue weighted by molar-refractivity contribution is 5.68. The van der Waals surface area contributed by atoms with Crippen molar-refractivity contribution in [2.24, 2.45) is 0 Å². The second-order valence-corrected chi connectivity index (χ2v) is 6.48. The fourth-order valence-electron chi connectivity index (χ4n) is 2.13. The minimum atomic E-state index is -0.484. The van der Waals surface area contributed by atoms with E-state index in [4.69, 9.17) is 9.47 Å². The molecule has 2 unspecified atom stereocenters. The minimum Gasteiger partial charge on any atom is -0.504 e. The van der Waals surface area contributed by atoms with E-state index in [2.05, 4.69) is 10.6 Å². The summed E-state index contributed by atoms with van der Waals surface area (Å²) in [4.78, 5) is 11.6. The van der Waals surface area contributed by atoms with Gasteiger partial charge < -0.3 is 25.2 Å². The zero-order valence-electron chi connectivity index (χ0n) is 13.5. The Bertz CT molecular complexity index is 539. The normalized spacial score (nSPS) is 20.4. The predicted molar refractivity (Wildman–Crippen MR) is 83.1 cm³/mol. The molecule has 22 heavy (non-hydrogen) atoms. The molecule has 1 aromatic rings. The van der Waals surface area contributed by atoms with E-state index < -0.39 is 5.60 Å². The second-order valence-electron chi connectivity index (χ2n) is 6.48. The molecule has 1 aromatic carbocycles. The van der Waals surface area contributed by atoms with Crippen LogP contribution < -0.4 is 15.4 Å². The van der Waals surface area contributed by atoms with E-state index in [0.717, 1.165) is 12.0 Å². The number of hydrogen-bond acceptors (Lipinski definition) is 5. The minimum absolute atomic E-state index is 0.0988. The van der Waals surface area contributed by atoms with Crippen LogP contribution in [-0.4, -0.2) is 36.0 Å². The number of phenols is 1. The second kappa shape index (κ2) is 6.44. The van der Waals surface area contributed by atoms with Gasteiger partial charge in [-0.15, -0.1) is 0 Å². The Labute approximate surface area is 130 Å². The molecular formula is C16H24N2O4. The molecule has 0 bridgehead atoms. The van der Waals surface area contributed by atoms with Gasteiger partial charge in [-0.05, 0) is 44.9 Å². The summed E-state index contributed by atoms with van der Waals surface area (Å²) in [6.45, 7) is 6.14. The highest BCUT2D eigenvalue weighted by atomic mass is 16.6. The van der Waals surface area contributed by atoms with Gasteiger partial charge in [-0.2, -0.15) is 0 Å². The number of rotatable bonds is 5. The molecule has 1 aliphatic rings. The Morgan fingerprint density at radius 1 is 1.36 bits per heavy atom. The zero-order valence-corrected chi connectivity index (χ0v) is 13.5. The van der Waals surface area contributed by atoms with Gasteiger partial charge in [0.15, 0.2) is 11.5 Å². The SMILES string of the molecule is COc1ccc(CNC2CC2NC(=O)OC(C)(C)C)cc1O. The van der Waals surface area contributed by atoms with E-state index >= 15 is 0 Å². The number of carbonyl (C=O) groups is 1. The summed E-state index contributed by atoms with van der Waals surface area (Å²) in [5.41, 5.74) is 0.476. The van der Waals surface area contributed by atoms with E-state index in [1.807, 2.05) is 26.8 Å². The van der Waals surface area contributed by atoms with Gasteiger partial charge in [0.05, 0.1) is 7.11 Å². The highest BCUT2D eigenvalue weighted by Crippen LogP contribution is 2.27. The standard InChI is InChI=1S/C16H24N2O4/c1-16(2,3)22-15(20)18-12-8-11(12)17-9-10-5-6-14(21-4)13(19)7-10/h5-7,11-12,17,19H,8-9H2,1-4H3,(H,18,20). The van der Waals surface area contributed by atoms with Gasteiger partial charge in [0.1, 0.15) is 5.60 Å². The summed E-state index contributed by atoms with van der Waals surface area (Å²) in [5, 5.41) is 15.9. The van der Waals surface area contributed by atoms with Crippen LogP contribution in [-0.2, 0) is 11.3 Å². The molecule has 1 fully saturated rings. The lowest BCUT2D eigenvalue weighted by Crippen LogP contribution is -2.36. The van der Waals surface area contributed by atoms with Gasteiger partial charge in [0.2, 0.25) is 0 Å². The van der Waals surface area contributed by atoms with E-state index in [1.54, 1.807) is 12.1 Å². The molecule has 2 rings (SSSR count). The van der Waals surface area contributed by atoms with Gasteiger partial charge in [-0.3, -0.25) is 0 Å². The number of nitrogens with one attached hydrogen (secondary N) is 2. The third-order valence-corrected chi connectivity index (χ3v) is 3.30.